The quantitative estimate of drug-likeness (QED) is 0.613. The van der Waals surface area contributed by atoms with Crippen LogP contribution in [0.25, 0.3) is 22.8 Å². The van der Waals surface area contributed by atoms with Crippen LogP contribution in [0.4, 0.5) is 0 Å². The maximum Gasteiger partial charge on any atom is 0.182 e. The van der Waals surface area contributed by atoms with Gasteiger partial charge in [-0.3, -0.25) is 15.0 Å². The average Bonchev–Trinajstić information content (AvgIpc) is 3.02. The number of nitrogens with zero attached hydrogens (tertiary/aromatic N) is 2. The molecule has 0 bridgehead atoms. The molecule has 0 aliphatic rings. The second-order valence-corrected chi connectivity index (χ2v) is 3.58. The molecule has 84 valence electrons. The number of aromatic amines is 3. The molecule has 0 spiro atoms. The minimum absolute atomic E-state index is 0.0713. The molecule has 0 amide bonds. The Balaban J connectivity index is 2.17. The minimum atomic E-state index is -0.0713. The molecule has 0 saturated carbocycles. The second kappa shape index (κ2) is 3.75. The Labute approximate surface area is 95.7 Å². The molecule has 17 heavy (non-hydrogen) atoms. The summed E-state index contributed by atoms with van der Waals surface area (Å²) in [4.78, 5) is 14.8. The molecule has 0 fully saturated rings. The van der Waals surface area contributed by atoms with Crippen molar-refractivity contribution in [1.82, 2.24) is 25.4 Å². The molecule has 3 aromatic heterocycles. The van der Waals surface area contributed by atoms with Crippen molar-refractivity contribution in [1.29, 1.82) is 0 Å². The summed E-state index contributed by atoms with van der Waals surface area (Å²) in [5.41, 5.74) is 2.85. The van der Waals surface area contributed by atoms with E-state index in [4.69, 9.17) is 0 Å². The van der Waals surface area contributed by atoms with Gasteiger partial charge in [0.05, 0.1) is 22.8 Å². The third kappa shape index (κ3) is 1.76. The van der Waals surface area contributed by atoms with E-state index in [1.807, 2.05) is 0 Å². The van der Waals surface area contributed by atoms with Crippen molar-refractivity contribution in [3.8, 4) is 22.8 Å². The van der Waals surface area contributed by atoms with E-state index in [9.17, 15) is 4.79 Å². The predicted molar refractivity (Wildman–Crippen MR) is 62.2 cm³/mol. The Hall–Kier alpha value is -2.63. The van der Waals surface area contributed by atoms with Crippen LogP contribution in [-0.2, 0) is 0 Å². The summed E-state index contributed by atoms with van der Waals surface area (Å²) in [7, 11) is 0. The number of H-pyrrole nitrogens is 3. The summed E-state index contributed by atoms with van der Waals surface area (Å²) in [6.07, 6.45) is 3.27. The van der Waals surface area contributed by atoms with Crippen LogP contribution in [0.2, 0.25) is 0 Å². The molecule has 6 nitrogen and oxygen atoms in total. The SMILES string of the molecule is O=c1cc(-c2ccn[nH]2)[nH]c(-c2ccn[nH]2)c1. The summed E-state index contributed by atoms with van der Waals surface area (Å²) >= 11 is 0. The van der Waals surface area contributed by atoms with Crippen molar-refractivity contribution in [3.05, 3.63) is 46.9 Å². The van der Waals surface area contributed by atoms with Gasteiger partial charge in [0.1, 0.15) is 0 Å². The highest BCUT2D eigenvalue weighted by Crippen LogP contribution is 2.16. The number of hydrogen-bond donors (Lipinski definition) is 3. The maximum absolute atomic E-state index is 11.6. The van der Waals surface area contributed by atoms with Crippen molar-refractivity contribution in [2.45, 2.75) is 0 Å². The zero-order chi connectivity index (χ0) is 11.7. The first kappa shape index (κ1) is 9.59. The fraction of sp³-hybridized carbons (Fsp3) is 0. The van der Waals surface area contributed by atoms with E-state index >= 15 is 0 Å². The van der Waals surface area contributed by atoms with Crippen LogP contribution < -0.4 is 5.43 Å². The van der Waals surface area contributed by atoms with Crippen molar-refractivity contribution >= 4 is 0 Å². The monoisotopic (exact) mass is 227 g/mol. The van der Waals surface area contributed by atoms with E-state index in [0.29, 0.717) is 11.4 Å². The summed E-state index contributed by atoms with van der Waals surface area (Å²) < 4.78 is 0. The highest BCUT2D eigenvalue weighted by Gasteiger charge is 2.05. The van der Waals surface area contributed by atoms with Crippen molar-refractivity contribution in [2.75, 3.05) is 0 Å². The van der Waals surface area contributed by atoms with Gasteiger partial charge in [-0.2, -0.15) is 10.2 Å². The molecule has 0 radical (unpaired) electrons. The molecule has 3 heterocycles. The van der Waals surface area contributed by atoms with Crippen LogP contribution in [0, 0.1) is 0 Å². The molecule has 3 rings (SSSR count). The number of aromatic nitrogens is 5. The van der Waals surface area contributed by atoms with Crippen LogP contribution >= 0.6 is 0 Å². The van der Waals surface area contributed by atoms with E-state index in [-0.39, 0.29) is 5.43 Å². The minimum Gasteiger partial charge on any atom is -0.352 e. The predicted octanol–water partition coefficient (Wildman–Crippen LogP) is 1.16. The highest BCUT2D eigenvalue weighted by molar-refractivity contribution is 5.60. The summed E-state index contributed by atoms with van der Waals surface area (Å²) in [6.45, 7) is 0. The number of nitrogens with one attached hydrogen (secondary N) is 3. The fourth-order valence-electron chi connectivity index (χ4n) is 1.65. The van der Waals surface area contributed by atoms with Crippen LogP contribution in [0.1, 0.15) is 0 Å². The van der Waals surface area contributed by atoms with Crippen LogP contribution in [-0.4, -0.2) is 25.4 Å². The van der Waals surface area contributed by atoms with Crippen molar-refractivity contribution < 1.29 is 0 Å². The number of pyridine rings is 1. The largest absolute Gasteiger partial charge is 0.352 e. The lowest BCUT2D eigenvalue weighted by atomic mass is 10.2. The van der Waals surface area contributed by atoms with Gasteiger partial charge in [-0.25, -0.2) is 0 Å². The Morgan fingerprint density at radius 3 is 1.76 bits per heavy atom. The van der Waals surface area contributed by atoms with Crippen LogP contribution in [0.3, 0.4) is 0 Å². The third-order valence-corrected chi connectivity index (χ3v) is 2.42. The summed E-state index contributed by atoms with van der Waals surface area (Å²) in [6, 6.07) is 6.63. The van der Waals surface area contributed by atoms with E-state index in [1.165, 1.54) is 12.1 Å². The first-order valence-electron chi connectivity index (χ1n) is 5.07. The standard InChI is InChI=1S/C11H9N5O/c17-7-5-10(8-1-3-12-15-8)14-11(6-7)9-2-4-13-16-9/h1-6H,(H,12,15)(H,13,16)(H,14,17). The van der Waals surface area contributed by atoms with E-state index in [2.05, 4.69) is 25.4 Å². The Bertz CT molecular complexity index is 611. The number of hydrogen-bond acceptors (Lipinski definition) is 3. The van der Waals surface area contributed by atoms with Gasteiger partial charge in [0.25, 0.3) is 0 Å². The first-order chi connectivity index (χ1) is 8.33. The zero-order valence-electron chi connectivity index (χ0n) is 8.77. The van der Waals surface area contributed by atoms with Gasteiger partial charge < -0.3 is 4.98 Å². The zero-order valence-corrected chi connectivity index (χ0v) is 8.77. The van der Waals surface area contributed by atoms with Gasteiger partial charge in [0.15, 0.2) is 5.43 Å². The van der Waals surface area contributed by atoms with Gasteiger partial charge in [0.2, 0.25) is 0 Å². The van der Waals surface area contributed by atoms with E-state index in [0.717, 1.165) is 11.4 Å². The van der Waals surface area contributed by atoms with Crippen molar-refractivity contribution in [2.24, 2.45) is 0 Å². The molecule has 0 aromatic carbocycles. The van der Waals surface area contributed by atoms with Gasteiger partial charge in [-0.15, -0.1) is 0 Å². The lowest BCUT2D eigenvalue weighted by Crippen LogP contribution is -2.02. The molecule has 6 heteroatoms. The smallest absolute Gasteiger partial charge is 0.182 e. The molecule has 0 atom stereocenters. The lowest BCUT2D eigenvalue weighted by Gasteiger charge is -2.02. The Kier molecular flexibility index (Phi) is 2.11. The molecule has 3 N–H and O–H groups in total. The molecular weight excluding hydrogens is 218 g/mol. The van der Waals surface area contributed by atoms with Crippen LogP contribution in [0.15, 0.2) is 41.5 Å². The van der Waals surface area contributed by atoms with Crippen LogP contribution in [0.5, 0.6) is 0 Å². The summed E-state index contributed by atoms with van der Waals surface area (Å²) in [5, 5.41) is 13.3. The van der Waals surface area contributed by atoms with E-state index < -0.39 is 0 Å². The molecular formula is C11H9N5O. The van der Waals surface area contributed by atoms with Gasteiger partial charge in [-0.1, -0.05) is 0 Å². The van der Waals surface area contributed by atoms with Gasteiger partial charge in [-0.05, 0) is 12.1 Å². The molecule has 0 aliphatic carbocycles. The highest BCUT2D eigenvalue weighted by atomic mass is 16.1. The topological polar surface area (TPSA) is 90.2 Å². The Morgan fingerprint density at radius 2 is 1.35 bits per heavy atom. The maximum atomic E-state index is 11.6. The Morgan fingerprint density at radius 1 is 0.824 bits per heavy atom. The fourth-order valence-corrected chi connectivity index (χ4v) is 1.65. The second-order valence-electron chi connectivity index (χ2n) is 3.58. The van der Waals surface area contributed by atoms with E-state index in [1.54, 1.807) is 24.5 Å². The molecule has 3 aromatic rings. The molecule has 0 saturated heterocycles. The average molecular weight is 227 g/mol. The number of rotatable bonds is 2. The molecule has 0 aliphatic heterocycles. The van der Waals surface area contributed by atoms with Gasteiger partial charge in [0, 0.05) is 24.5 Å². The molecule has 0 unspecified atom stereocenters. The lowest BCUT2D eigenvalue weighted by molar-refractivity contribution is 1.07. The third-order valence-electron chi connectivity index (χ3n) is 2.42. The van der Waals surface area contributed by atoms with Gasteiger partial charge >= 0.3 is 0 Å². The van der Waals surface area contributed by atoms with Crippen molar-refractivity contribution in [3.63, 3.8) is 0 Å². The normalized spacial score (nSPS) is 10.6. The first-order valence-corrected chi connectivity index (χ1v) is 5.07. The summed E-state index contributed by atoms with van der Waals surface area (Å²) in [5.74, 6) is 0.